The quantitative estimate of drug-likeness (QED) is 0.587. The third-order valence-corrected chi connectivity index (χ3v) is 6.10. The molecule has 0 radical (unpaired) electrons. The van der Waals surface area contributed by atoms with E-state index in [-0.39, 0.29) is 5.41 Å². The Morgan fingerprint density at radius 1 is 1.32 bits per heavy atom. The zero-order chi connectivity index (χ0) is 18.6. The molecule has 0 saturated heterocycles. The van der Waals surface area contributed by atoms with E-state index in [1.165, 1.54) is 11.3 Å². The van der Waals surface area contributed by atoms with Crippen molar-refractivity contribution in [2.24, 2.45) is 17.5 Å². The van der Waals surface area contributed by atoms with Gasteiger partial charge in [-0.2, -0.15) is 5.10 Å². The van der Waals surface area contributed by atoms with E-state index in [0.717, 1.165) is 44.1 Å². The zero-order valence-electron chi connectivity index (χ0n) is 16.9. The molecule has 1 aliphatic rings. The van der Waals surface area contributed by atoms with Crippen molar-refractivity contribution >= 4 is 5.96 Å². The first-order valence-electron chi connectivity index (χ1n) is 9.51. The van der Waals surface area contributed by atoms with Crippen LogP contribution in [0.2, 0.25) is 0 Å². The molecule has 0 bridgehead atoms. The first kappa shape index (κ1) is 19.8. The Morgan fingerprint density at radius 2 is 2.00 bits per heavy atom. The van der Waals surface area contributed by atoms with E-state index in [9.17, 15) is 0 Å². The molecular formula is C19H35N5O. The van der Waals surface area contributed by atoms with Crippen molar-refractivity contribution in [1.29, 1.82) is 0 Å². The number of aromatic nitrogens is 2. The number of guanidine groups is 1. The van der Waals surface area contributed by atoms with Crippen molar-refractivity contribution in [2.45, 2.75) is 72.6 Å². The largest absolute Gasteiger partial charge is 0.378 e. The van der Waals surface area contributed by atoms with Gasteiger partial charge in [0.05, 0.1) is 11.8 Å². The second-order valence-electron chi connectivity index (χ2n) is 7.02. The van der Waals surface area contributed by atoms with Crippen molar-refractivity contribution < 1.29 is 4.74 Å². The monoisotopic (exact) mass is 349 g/mol. The summed E-state index contributed by atoms with van der Waals surface area (Å²) in [4.78, 5) is 4.42. The number of ether oxygens (including phenoxy) is 1. The van der Waals surface area contributed by atoms with Crippen LogP contribution < -0.4 is 10.6 Å². The van der Waals surface area contributed by atoms with Gasteiger partial charge in [0.2, 0.25) is 0 Å². The Kier molecular flexibility index (Phi) is 6.49. The van der Waals surface area contributed by atoms with Crippen LogP contribution in [0.15, 0.2) is 4.99 Å². The van der Waals surface area contributed by atoms with Crippen LogP contribution in [0.3, 0.4) is 0 Å². The minimum atomic E-state index is 0.202. The number of hydrogen-bond acceptors (Lipinski definition) is 3. The minimum Gasteiger partial charge on any atom is -0.378 e. The van der Waals surface area contributed by atoms with Gasteiger partial charge in [-0.05, 0) is 40.0 Å². The van der Waals surface area contributed by atoms with Gasteiger partial charge in [-0.3, -0.25) is 9.67 Å². The molecule has 2 rings (SSSR count). The highest BCUT2D eigenvalue weighted by molar-refractivity contribution is 5.80. The first-order valence-corrected chi connectivity index (χ1v) is 9.51. The topological polar surface area (TPSA) is 63.5 Å². The number of hydrogen-bond donors (Lipinski definition) is 2. The Bertz CT molecular complexity index is 603. The van der Waals surface area contributed by atoms with Crippen LogP contribution in [0.25, 0.3) is 0 Å². The van der Waals surface area contributed by atoms with Crippen LogP contribution >= 0.6 is 0 Å². The van der Waals surface area contributed by atoms with Gasteiger partial charge in [0.25, 0.3) is 0 Å². The molecule has 6 nitrogen and oxygen atoms in total. The summed E-state index contributed by atoms with van der Waals surface area (Å²) in [6, 6.07) is 0.404. The van der Waals surface area contributed by atoms with Crippen molar-refractivity contribution in [1.82, 2.24) is 20.4 Å². The fourth-order valence-corrected chi connectivity index (χ4v) is 4.19. The van der Waals surface area contributed by atoms with E-state index in [1.807, 2.05) is 18.8 Å². The Morgan fingerprint density at radius 3 is 2.48 bits per heavy atom. The van der Waals surface area contributed by atoms with E-state index in [4.69, 9.17) is 4.74 Å². The highest BCUT2D eigenvalue weighted by Gasteiger charge is 2.53. The van der Waals surface area contributed by atoms with Gasteiger partial charge >= 0.3 is 0 Å². The van der Waals surface area contributed by atoms with Gasteiger partial charge in [-0.25, -0.2) is 0 Å². The van der Waals surface area contributed by atoms with Gasteiger partial charge < -0.3 is 15.4 Å². The molecule has 0 amide bonds. The summed E-state index contributed by atoms with van der Waals surface area (Å²) in [7, 11) is 3.81. The van der Waals surface area contributed by atoms with Crippen LogP contribution in [-0.4, -0.2) is 41.5 Å². The molecule has 0 aliphatic heterocycles. The average Bonchev–Trinajstić information content (AvgIpc) is 2.83. The second-order valence-corrected chi connectivity index (χ2v) is 7.02. The lowest BCUT2D eigenvalue weighted by Crippen LogP contribution is -2.65. The summed E-state index contributed by atoms with van der Waals surface area (Å²) in [6.07, 6.45) is 3.62. The lowest BCUT2D eigenvalue weighted by Gasteiger charge is -2.55. The molecule has 1 heterocycles. The van der Waals surface area contributed by atoms with Gasteiger partial charge in [0, 0.05) is 50.0 Å². The smallest absolute Gasteiger partial charge is 0.191 e. The summed E-state index contributed by atoms with van der Waals surface area (Å²) >= 11 is 0. The third kappa shape index (κ3) is 3.68. The molecule has 0 aromatic carbocycles. The summed E-state index contributed by atoms with van der Waals surface area (Å²) in [5.74, 6) is 0.855. The standard InChI is InChI=1S/C19H35N5O/c1-8-19(9-2)16(11-17(19)25-10-3)22-18(20-6)21-12-15-13(4)23-24(7)14(15)5/h16-17H,8-12H2,1-7H3,(H2,20,21,22). The van der Waals surface area contributed by atoms with Crippen molar-refractivity contribution in [3.63, 3.8) is 0 Å². The normalized spacial score (nSPS) is 22.6. The van der Waals surface area contributed by atoms with Gasteiger partial charge in [0.1, 0.15) is 0 Å². The predicted octanol–water partition coefficient (Wildman–Crippen LogP) is 2.69. The van der Waals surface area contributed by atoms with Gasteiger partial charge in [0.15, 0.2) is 5.96 Å². The van der Waals surface area contributed by atoms with E-state index in [2.05, 4.69) is 55.3 Å². The molecular weight excluding hydrogens is 314 g/mol. The molecule has 0 spiro atoms. The maximum absolute atomic E-state index is 5.97. The third-order valence-electron chi connectivity index (χ3n) is 6.10. The van der Waals surface area contributed by atoms with Gasteiger partial charge in [-0.15, -0.1) is 0 Å². The molecule has 2 N–H and O–H groups in total. The van der Waals surface area contributed by atoms with Crippen LogP contribution in [-0.2, 0) is 18.3 Å². The Labute approximate surface area is 152 Å². The summed E-state index contributed by atoms with van der Waals surface area (Å²) in [5, 5.41) is 11.6. The molecule has 2 atom stereocenters. The van der Waals surface area contributed by atoms with E-state index < -0.39 is 0 Å². The molecule has 25 heavy (non-hydrogen) atoms. The van der Waals surface area contributed by atoms with Crippen LogP contribution in [0, 0.1) is 19.3 Å². The van der Waals surface area contributed by atoms with Crippen molar-refractivity contribution in [3.8, 4) is 0 Å². The molecule has 1 saturated carbocycles. The average molecular weight is 350 g/mol. The SMILES string of the molecule is CCOC1CC(NC(=NC)NCc2c(C)nn(C)c2C)C1(CC)CC. The number of nitrogens with one attached hydrogen (secondary N) is 2. The molecule has 2 unspecified atom stereocenters. The van der Waals surface area contributed by atoms with Crippen molar-refractivity contribution in [2.75, 3.05) is 13.7 Å². The fraction of sp³-hybridized carbons (Fsp3) is 0.789. The zero-order valence-corrected chi connectivity index (χ0v) is 16.9. The van der Waals surface area contributed by atoms with Crippen LogP contribution in [0.5, 0.6) is 0 Å². The van der Waals surface area contributed by atoms with Gasteiger partial charge in [-0.1, -0.05) is 13.8 Å². The summed E-state index contributed by atoms with van der Waals surface area (Å²) < 4.78 is 7.90. The van der Waals surface area contributed by atoms with E-state index in [1.54, 1.807) is 0 Å². The molecule has 1 aliphatic carbocycles. The lowest BCUT2D eigenvalue weighted by molar-refractivity contribution is -0.133. The second kappa shape index (κ2) is 8.21. The first-order chi connectivity index (χ1) is 11.9. The minimum absolute atomic E-state index is 0.202. The number of nitrogens with zero attached hydrogens (tertiary/aromatic N) is 3. The van der Waals surface area contributed by atoms with E-state index >= 15 is 0 Å². The maximum atomic E-state index is 5.97. The Balaban J connectivity index is 2.00. The van der Waals surface area contributed by atoms with Crippen LogP contribution in [0.4, 0.5) is 0 Å². The maximum Gasteiger partial charge on any atom is 0.191 e. The van der Waals surface area contributed by atoms with Crippen molar-refractivity contribution in [3.05, 3.63) is 17.0 Å². The summed E-state index contributed by atoms with van der Waals surface area (Å²) in [5.41, 5.74) is 3.70. The lowest BCUT2D eigenvalue weighted by atomic mass is 9.58. The Hall–Kier alpha value is -1.56. The molecule has 1 fully saturated rings. The molecule has 1 aromatic heterocycles. The molecule has 142 valence electrons. The highest BCUT2D eigenvalue weighted by atomic mass is 16.5. The predicted molar refractivity (Wildman–Crippen MR) is 103 cm³/mol. The fourth-order valence-electron chi connectivity index (χ4n) is 4.19. The number of aryl methyl sites for hydroxylation is 2. The number of aliphatic imine (C=N–C) groups is 1. The highest BCUT2D eigenvalue weighted by Crippen LogP contribution is 2.48. The van der Waals surface area contributed by atoms with Crippen LogP contribution in [0.1, 0.15) is 57.0 Å². The number of rotatable bonds is 7. The molecule has 1 aromatic rings. The van der Waals surface area contributed by atoms with E-state index in [0.29, 0.717) is 12.1 Å². The molecule has 6 heteroatoms. The summed E-state index contributed by atoms with van der Waals surface area (Å²) in [6.45, 7) is 12.3.